The molecule has 2 N–H and O–H groups in total. The monoisotopic (exact) mass is 606 g/mol. The van der Waals surface area contributed by atoms with Gasteiger partial charge >= 0.3 is 0 Å². The summed E-state index contributed by atoms with van der Waals surface area (Å²) in [5, 5.41) is 16.2. The topological polar surface area (TPSA) is 65.4 Å². The Morgan fingerprint density at radius 1 is 0.750 bits per heavy atom. The third-order valence-electron chi connectivity index (χ3n) is 5.29. The first-order valence-electron chi connectivity index (χ1n) is 11.7. The lowest BCUT2D eigenvalue weighted by Gasteiger charge is -2.26. The van der Waals surface area contributed by atoms with Gasteiger partial charge in [0.25, 0.3) is 0 Å². The van der Waals surface area contributed by atoms with E-state index in [1.807, 2.05) is 18.1 Å². The van der Waals surface area contributed by atoms with Crippen molar-refractivity contribution >= 4 is 22.6 Å². The van der Waals surface area contributed by atoms with E-state index >= 15 is 0 Å². The van der Waals surface area contributed by atoms with Gasteiger partial charge in [0.15, 0.2) is 0 Å². The first-order chi connectivity index (χ1) is 17.1. The molecule has 0 amide bonds. The molecule has 0 aromatic heterocycles. The molecule has 2 aromatic carbocycles. The number of aliphatic hydroxyl groups excluding tert-OH is 2. The summed E-state index contributed by atoms with van der Waals surface area (Å²) in [5.41, 5.74) is 3.64. The van der Waals surface area contributed by atoms with Gasteiger partial charge < -0.3 is 19.7 Å². The van der Waals surface area contributed by atoms with Gasteiger partial charge in [0, 0.05) is 48.4 Å². The quantitative estimate of drug-likeness (QED) is 0.412. The number of nitrogens with zero attached hydrogens (tertiary/aromatic N) is 2. The van der Waals surface area contributed by atoms with Crippen molar-refractivity contribution in [1.82, 2.24) is 9.80 Å². The summed E-state index contributed by atoms with van der Waals surface area (Å²) in [6.45, 7) is 9.35. The molecule has 6 nitrogen and oxygen atoms in total. The second-order valence-electron chi connectivity index (χ2n) is 7.92. The molecule has 7 heteroatoms. The summed E-state index contributed by atoms with van der Waals surface area (Å²) in [6.07, 6.45) is 4.53. The molecule has 0 bridgehead atoms. The van der Waals surface area contributed by atoms with Gasteiger partial charge in [-0.25, -0.2) is 0 Å². The average Bonchev–Trinajstić information content (AvgIpc) is 2.91. The summed E-state index contributed by atoms with van der Waals surface area (Å²) in [5.74, 6) is 7.52. The molecular formula is C29H39IN2O4. The number of halogens is 1. The van der Waals surface area contributed by atoms with Gasteiger partial charge in [-0.2, -0.15) is 0 Å². The van der Waals surface area contributed by atoms with E-state index in [1.54, 1.807) is 0 Å². The lowest BCUT2D eigenvalue weighted by Crippen LogP contribution is -2.35. The summed E-state index contributed by atoms with van der Waals surface area (Å²) in [6, 6.07) is 16.9. The van der Waals surface area contributed by atoms with Gasteiger partial charge in [-0.15, -0.1) is 6.42 Å². The zero-order chi connectivity index (χ0) is 25.1. The van der Waals surface area contributed by atoms with Crippen LogP contribution in [0.2, 0.25) is 0 Å². The van der Waals surface area contributed by atoms with Crippen LogP contribution in [0, 0.1) is 27.8 Å². The van der Waals surface area contributed by atoms with Crippen LogP contribution in [0.4, 0.5) is 0 Å². The first kappa shape index (κ1) is 32.1. The van der Waals surface area contributed by atoms with Crippen molar-refractivity contribution < 1.29 is 19.7 Å². The van der Waals surface area contributed by atoms with E-state index in [0.717, 1.165) is 71.3 Å². The molecule has 2 aliphatic rings. The fourth-order valence-electron chi connectivity index (χ4n) is 3.46. The highest BCUT2D eigenvalue weighted by molar-refractivity contribution is 14.1. The van der Waals surface area contributed by atoms with E-state index in [-0.39, 0.29) is 20.6 Å². The standard InChI is InChI=1S/C14H17NO2.C11H14INO.C3H4O.CH4/c16-9-1-2-13-3-5-14(6-4-13)12-15-7-10-17-11-8-15;12-11-3-1-10(2-4-11)9-13-5-7-14-8-6-13;1-2-3-4;/h3-6,16H,7-12H2;1-4H,5-9H2;1,4H,3H2;1H4. The molecule has 0 aliphatic carbocycles. The molecule has 36 heavy (non-hydrogen) atoms. The number of morpholine rings is 2. The van der Waals surface area contributed by atoms with Crippen molar-refractivity contribution in [3.8, 4) is 24.2 Å². The van der Waals surface area contributed by atoms with Crippen molar-refractivity contribution in [2.24, 2.45) is 0 Å². The summed E-state index contributed by atoms with van der Waals surface area (Å²) in [4.78, 5) is 4.82. The van der Waals surface area contributed by atoms with Crippen molar-refractivity contribution in [3.05, 3.63) is 68.8 Å². The Morgan fingerprint density at radius 3 is 1.56 bits per heavy atom. The molecule has 2 fully saturated rings. The van der Waals surface area contributed by atoms with Crippen molar-refractivity contribution in [2.45, 2.75) is 20.5 Å². The Morgan fingerprint density at radius 2 is 1.17 bits per heavy atom. The van der Waals surface area contributed by atoms with E-state index < -0.39 is 0 Å². The predicted octanol–water partition coefficient (Wildman–Crippen LogP) is 3.23. The Hall–Kier alpha value is -1.95. The van der Waals surface area contributed by atoms with E-state index in [9.17, 15) is 0 Å². The van der Waals surface area contributed by atoms with Crippen LogP contribution in [-0.2, 0) is 22.6 Å². The molecule has 0 saturated carbocycles. The average molecular weight is 607 g/mol. The Bertz CT molecular complexity index is 921. The molecule has 0 atom stereocenters. The smallest absolute Gasteiger partial charge is 0.104 e. The van der Waals surface area contributed by atoms with Gasteiger partial charge in [-0.1, -0.05) is 49.5 Å². The maximum atomic E-state index is 8.61. The van der Waals surface area contributed by atoms with Crippen LogP contribution in [-0.4, -0.2) is 85.8 Å². The number of aliphatic hydroxyl groups is 2. The van der Waals surface area contributed by atoms with Crippen molar-refractivity contribution in [2.75, 3.05) is 65.8 Å². The van der Waals surface area contributed by atoms with Crippen LogP contribution in [0.25, 0.3) is 0 Å². The molecule has 2 aliphatic heterocycles. The summed E-state index contributed by atoms with van der Waals surface area (Å²) < 4.78 is 11.9. The number of rotatable bonds is 4. The highest BCUT2D eigenvalue weighted by Gasteiger charge is 2.11. The maximum Gasteiger partial charge on any atom is 0.104 e. The van der Waals surface area contributed by atoms with Gasteiger partial charge in [0.1, 0.15) is 13.2 Å². The molecule has 0 spiro atoms. The Balaban J connectivity index is 0.000000310. The van der Waals surface area contributed by atoms with Crippen LogP contribution in [0.3, 0.4) is 0 Å². The lowest BCUT2D eigenvalue weighted by atomic mass is 10.1. The summed E-state index contributed by atoms with van der Waals surface area (Å²) in [7, 11) is 0. The van der Waals surface area contributed by atoms with Gasteiger partial charge in [-0.05, 0) is 58.0 Å². The van der Waals surface area contributed by atoms with E-state index in [1.165, 1.54) is 14.7 Å². The second-order valence-corrected chi connectivity index (χ2v) is 9.17. The molecule has 196 valence electrons. The van der Waals surface area contributed by atoms with Gasteiger partial charge in [0.05, 0.1) is 26.4 Å². The van der Waals surface area contributed by atoms with Crippen LogP contribution in [0.1, 0.15) is 24.1 Å². The Kier molecular flexibility index (Phi) is 18.0. The van der Waals surface area contributed by atoms with E-state index in [2.05, 4.69) is 87.1 Å². The normalized spacial score (nSPS) is 15.4. The SMILES string of the molecule is C.C#CCO.Ic1ccc(CN2CCOCC2)cc1.OCC#Cc1ccc(CN2CCOCC2)cc1. The maximum absolute atomic E-state index is 8.61. The van der Waals surface area contributed by atoms with E-state index in [4.69, 9.17) is 19.7 Å². The van der Waals surface area contributed by atoms with Crippen LogP contribution >= 0.6 is 22.6 Å². The highest BCUT2D eigenvalue weighted by atomic mass is 127. The highest BCUT2D eigenvalue weighted by Crippen LogP contribution is 2.10. The largest absolute Gasteiger partial charge is 0.384 e. The lowest BCUT2D eigenvalue weighted by molar-refractivity contribution is 0.0341. The number of ether oxygens (including phenoxy) is 2. The minimum Gasteiger partial charge on any atom is -0.384 e. The zero-order valence-electron chi connectivity index (χ0n) is 20.2. The zero-order valence-corrected chi connectivity index (χ0v) is 22.3. The fourth-order valence-corrected chi connectivity index (χ4v) is 3.82. The Labute approximate surface area is 230 Å². The minimum absolute atomic E-state index is 0. The minimum atomic E-state index is -0.153. The van der Waals surface area contributed by atoms with Gasteiger partial charge in [-0.3, -0.25) is 9.80 Å². The predicted molar refractivity (Wildman–Crippen MR) is 154 cm³/mol. The molecule has 4 rings (SSSR count). The summed E-state index contributed by atoms with van der Waals surface area (Å²) >= 11 is 2.33. The number of hydrogen-bond donors (Lipinski definition) is 2. The van der Waals surface area contributed by atoms with Crippen LogP contribution in [0.5, 0.6) is 0 Å². The fraction of sp³-hybridized carbons (Fsp3) is 0.448. The van der Waals surface area contributed by atoms with Crippen molar-refractivity contribution in [1.29, 1.82) is 0 Å². The van der Waals surface area contributed by atoms with Gasteiger partial charge in [0.2, 0.25) is 0 Å². The third kappa shape index (κ3) is 14.0. The number of terminal acetylenes is 1. The molecule has 0 unspecified atom stereocenters. The third-order valence-corrected chi connectivity index (χ3v) is 6.01. The van der Waals surface area contributed by atoms with Crippen LogP contribution < -0.4 is 0 Å². The molecule has 2 aromatic rings. The molecule has 2 saturated heterocycles. The van der Waals surface area contributed by atoms with E-state index in [0.29, 0.717) is 0 Å². The number of benzene rings is 2. The number of hydrogen-bond acceptors (Lipinski definition) is 6. The van der Waals surface area contributed by atoms with Crippen molar-refractivity contribution in [3.63, 3.8) is 0 Å². The second kappa shape index (κ2) is 20.1. The van der Waals surface area contributed by atoms with Crippen LogP contribution in [0.15, 0.2) is 48.5 Å². The molecule has 0 radical (unpaired) electrons. The molecular weight excluding hydrogens is 567 g/mol. The first-order valence-corrected chi connectivity index (χ1v) is 12.8. The molecule has 2 heterocycles.